The normalized spacial score (nSPS) is 16.4. The van der Waals surface area contributed by atoms with Crippen LogP contribution < -0.4 is 0 Å². The van der Waals surface area contributed by atoms with Gasteiger partial charge in [0.2, 0.25) is 0 Å². The van der Waals surface area contributed by atoms with Crippen LogP contribution in [-0.4, -0.2) is 9.97 Å². The molecule has 3 heterocycles. The second kappa shape index (κ2) is 12.9. The van der Waals surface area contributed by atoms with E-state index in [-0.39, 0.29) is 11.1 Å². The van der Waals surface area contributed by atoms with Crippen molar-refractivity contribution in [3.8, 4) is 67.3 Å². The smallest absolute Gasteiger partial charge is 0.143 e. The van der Waals surface area contributed by atoms with Crippen molar-refractivity contribution in [1.29, 1.82) is 0 Å². The molecule has 0 bridgehead atoms. The van der Waals surface area contributed by atoms with Crippen molar-refractivity contribution in [2.24, 2.45) is 0 Å². The van der Waals surface area contributed by atoms with Gasteiger partial charge in [-0.25, -0.2) is 4.98 Å². The molecule has 0 saturated heterocycles. The summed E-state index contributed by atoms with van der Waals surface area (Å²) in [4.78, 5) is 9.60. The minimum Gasteiger partial charge on any atom is -0.455 e. The number of nitrogens with zero attached hydrogens (tertiary/aromatic N) is 2. The van der Waals surface area contributed by atoms with E-state index in [1.807, 2.05) is 42.5 Å². The summed E-state index contributed by atoms with van der Waals surface area (Å²) in [7, 11) is 0. The van der Waals surface area contributed by atoms with E-state index in [1.54, 1.807) is 36.5 Å². The highest BCUT2D eigenvalue weighted by atomic mass is 16.3. The van der Waals surface area contributed by atoms with Crippen LogP contribution in [0.3, 0.4) is 0 Å². The zero-order valence-corrected chi connectivity index (χ0v) is 27.3. The van der Waals surface area contributed by atoms with E-state index in [0.29, 0.717) is 33.1 Å². The minimum atomic E-state index is -0.940. The van der Waals surface area contributed by atoms with Gasteiger partial charge in [-0.1, -0.05) is 175 Å². The van der Waals surface area contributed by atoms with E-state index in [1.165, 1.54) is 0 Å². The van der Waals surface area contributed by atoms with Crippen molar-refractivity contribution in [2.75, 3.05) is 0 Å². The van der Waals surface area contributed by atoms with E-state index in [9.17, 15) is 5.48 Å². The highest BCUT2D eigenvalue weighted by molar-refractivity contribution is 6.07. The van der Waals surface area contributed by atoms with Crippen LogP contribution in [0.15, 0.2) is 198 Å². The number of aromatic nitrogens is 2. The van der Waals surface area contributed by atoms with Crippen molar-refractivity contribution >= 4 is 32.6 Å². The number of pyridine rings is 2. The topological polar surface area (TPSA) is 38.9 Å². The van der Waals surface area contributed by atoms with Gasteiger partial charge in [0, 0.05) is 44.8 Å². The number of furan rings is 1. The first-order valence-corrected chi connectivity index (χ1v) is 16.4. The molecule has 3 aromatic heterocycles. The summed E-state index contributed by atoms with van der Waals surface area (Å²) in [6.45, 7) is 0. The number of hydrogen-bond donors (Lipinski definition) is 0. The number of hydrogen-bond acceptors (Lipinski definition) is 3. The number of rotatable bonds is 6. The highest BCUT2D eigenvalue weighted by Crippen LogP contribution is 2.48. The molecule has 10 aromatic rings. The first-order chi connectivity index (χ1) is 34.2. The van der Waals surface area contributed by atoms with Crippen LogP contribution in [0.4, 0.5) is 0 Å². The summed E-state index contributed by atoms with van der Waals surface area (Å²) in [5.41, 5.74) is -1.70. The number of fused-ring (bicyclic) bond motifs is 4. The molecule has 0 aliphatic rings. The Kier molecular flexibility index (Phi) is 4.12. The Bertz CT molecular complexity index is 3940. The molecule has 248 valence electrons. The van der Waals surface area contributed by atoms with Crippen LogP contribution in [0.1, 0.15) is 26.0 Å². The quantitative estimate of drug-likeness (QED) is 0.163. The summed E-state index contributed by atoms with van der Waals surface area (Å²) in [6.07, 6.45) is 1.69. The fourth-order valence-corrected chi connectivity index (χ4v) is 6.55. The first-order valence-electron chi connectivity index (χ1n) is 25.9. The molecule has 3 heteroatoms. The van der Waals surface area contributed by atoms with Crippen molar-refractivity contribution in [2.45, 2.75) is 0 Å². The predicted octanol–water partition coefficient (Wildman–Crippen LogP) is 13.5. The van der Waals surface area contributed by atoms with Crippen molar-refractivity contribution in [1.82, 2.24) is 9.97 Å². The fourth-order valence-electron chi connectivity index (χ4n) is 6.55. The lowest BCUT2D eigenvalue weighted by Crippen LogP contribution is -1.91. The molecule has 0 unspecified atom stereocenters. The van der Waals surface area contributed by atoms with Crippen molar-refractivity contribution in [3.63, 3.8) is 0 Å². The van der Waals surface area contributed by atoms with Gasteiger partial charge >= 0.3 is 0 Å². The average Bonchev–Trinajstić information content (AvgIpc) is 3.74. The van der Waals surface area contributed by atoms with E-state index >= 15 is 0 Å². The molecule has 10 rings (SSSR count). The lowest BCUT2D eigenvalue weighted by molar-refractivity contribution is 0.599. The van der Waals surface area contributed by atoms with E-state index < -0.39 is 160 Å². The Hall–Kier alpha value is -7.10. The average molecular weight is 696 g/mol. The Morgan fingerprint density at radius 1 is 0.415 bits per heavy atom. The lowest BCUT2D eigenvalue weighted by atomic mass is 9.90. The molecule has 0 saturated carbocycles. The molecule has 53 heavy (non-hydrogen) atoms. The fraction of sp³-hybridized carbons (Fsp3) is 0. The molecule has 0 N–H and O–H groups in total. The Morgan fingerprint density at radius 3 is 1.57 bits per heavy atom. The summed E-state index contributed by atoms with van der Waals surface area (Å²) >= 11 is 0. The third kappa shape index (κ3) is 5.38. The molecule has 0 fully saturated rings. The Morgan fingerprint density at radius 2 is 0.925 bits per heavy atom. The molecule has 7 aromatic carbocycles. The molecule has 0 aliphatic heterocycles. The SMILES string of the molecule is [2H]c1c([2H])c([2H])c(-c2oc(-c3c([2H])c([2H])c(-c4ccc(-c5ccc6ccc7cccnc7c6n5)c5ccccc45)c([2H])c3[2H])c(-c3c([2H])c([2H])c([2H])c([2H])c3[2H])c2-c2c([2H])c([2H])c([2H])c([2H])c2[2H])c([2H])c1[2H]. The van der Waals surface area contributed by atoms with Crippen LogP contribution in [0.5, 0.6) is 0 Å². The minimum absolute atomic E-state index is 0.189. The molecule has 0 aliphatic carbocycles. The first kappa shape index (κ1) is 16.9. The third-order valence-electron chi connectivity index (χ3n) is 8.89. The standard InChI is InChI=1S/C50H32N2O/c1-4-13-34(14-5-1)45-46(35-15-6-2-7-16-35)50(53-49(45)38-17-8-3-9-18-38)39-26-22-33(23-27-39)40-29-30-43(42-21-11-10-20-41(40)42)44-31-28-37-25-24-36-19-12-32-51-47(36)48(37)52-44/h1-32H/i1D,2D,3D,4D,5D,6D,7D,8D,9D,13D,14D,15D,16D,17D,18D,22D,23D,26D,27D. The van der Waals surface area contributed by atoms with Crippen LogP contribution >= 0.6 is 0 Å². The number of benzene rings is 7. The molecule has 0 atom stereocenters. The summed E-state index contributed by atoms with van der Waals surface area (Å²) in [6, 6.07) is 5.42. The zero-order valence-electron chi connectivity index (χ0n) is 46.3. The lowest BCUT2D eigenvalue weighted by Gasteiger charge is -2.13. The maximum absolute atomic E-state index is 9.64. The molecule has 3 nitrogen and oxygen atoms in total. The van der Waals surface area contributed by atoms with Gasteiger partial charge in [-0.3, -0.25) is 4.98 Å². The van der Waals surface area contributed by atoms with E-state index in [0.717, 1.165) is 10.8 Å². The second-order valence-corrected chi connectivity index (χ2v) is 11.9. The van der Waals surface area contributed by atoms with E-state index in [2.05, 4.69) is 4.98 Å². The summed E-state index contributed by atoms with van der Waals surface area (Å²) in [5, 5.41) is 2.90. The van der Waals surface area contributed by atoms with Gasteiger partial charge in [0.1, 0.15) is 11.5 Å². The van der Waals surface area contributed by atoms with Crippen LogP contribution in [-0.2, 0) is 0 Å². The molecular formula is C50H32N2O. The highest BCUT2D eigenvalue weighted by Gasteiger charge is 2.25. The van der Waals surface area contributed by atoms with Crippen molar-refractivity contribution < 1.29 is 30.5 Å². The van der Waals surface area contributed by atoms with Crippen LogP contribution in [0.25, 0.3) is 99.9 Å². The van der Waals surface area contributed by atoms with Gasteiger partial charge in [-0.15, -0.1) is 0 Å². The van der Waals surface area contributed by atoms with Gasteiger partial charge in [-0.2, -0.15) is 0 Å². The zero-order chi connectivity index (χ0) is 51.7. The van der Waals surface area contributed by atoms with E-state index in [4.69, 9.17) is 30.0 Å². The second-order valence-electron chi connectivity index (χ2n) is 11.9. The Labute approximate surface area is 334 Å². The third-order valence-corrected chi connectivity index (χ3v) is 8.89. The molecule has 0 radical (unpaired) electrons. The van der Waals surface area contributed by atoms with Gasteiger partial charge in [0.25, 0.3) is 0 Å². The summed E-state index contributed by atoms with van der Waals surface area (Å²) in [5.74, 6) is -1.62. The predicted molar refractivity (Wildman–Crippen MR) is 219 cm³/mol. The largest absolute Gasteiger partial charge is 0.455 e. The Balaban J connectivity index is 1.31. The maximum atomic E-state index is 9.64. The monoisotopic (exact) mass is 695 g/mol. The van der Waals surface area contributed by atoms with Crippen LogP contribution in [0.2, 0.25) is 0 Å². The van der Waals surface area contributed by atoms with Gasteiger partial charge < -0.3 is 4.42 Å². The van der Waals surface area contributed by atoms with Gasteiger partial charge in [0.05, 0.1) is 42.8 Å². The molecule has 0 amide bonds. The summed E-state index contributed by atoms with van der Waals surface area (Å²) < 4.78 is 176. The van der Waals surface area contributed by atoms with Crippen molar-refractivity contribution in [3.05, 3.63) is 194 Å². The molecular weight excluding hydrogens is 645 g/mol. The van der Waals surface area contributed by atoms with Crippen LogP contribution in [0, 0.1) is 0 Å². The van der Waals surface area contributed by atoms with Gasteiger partial charge in [0.15, 0.2) is 0 Å². The maximum Gasteiger partial charge on any atom is 0.143 e. The van der Waals surface area contributed by atoms with Gasteiger partial charge in [-0.05, 0) is 45.2 Å². The molecule has 0 spiro atoms.